The van der Waals surface area contributed by atoms with Crippen LogP contribution in [0.3, 0.4) is 0 Å². The van der Waals surface area contributed by atoms with Crippen LogP contribution in [0.15, 0.2) is 36.4 Å². The lowest BCUT2D eigenvalue weighted by Crippen LogP contribution is -2.24. The van der Waals surface area contributed by atoms with Crippen molar-refractivity contribution >= 4 is 23.7 Å². The van der Waals surface area contributed by atoms with Crippen molar-refractivity contribution in [3.05, 3.63) is 42.0 Å². The number of nitrogens with one attached hydrogen (secondary N) is 1. The molecule has 0 unspecified atom stereocenters. The first-order valence-electron chi connectivity index (χ1n) is 7.47. The predicted molar refractivity (Wildman–Crippen MR) is 87.8 cm³/mol. The molecule has 0 saturated heterocycles. The van der Waals surface area contributed by atoms with Crippen LogP contribution in [0.1, 0.15) is 37.7 Å². The number of hydrogen-bond donors (Lipinski definition) is 1. The highest BCUT2D eigenvalue weighted by molar-refractivity contribution is 7.99. The van der Waals surface area contributed by atoms with Crippen LogP contribution in [0, 0.1) is 0 Å². The lowest BCUT2D eigenvalue weighted by atomic mass is 10.0. The van der Waals surface area contributed by atoms with Crippen LogP contribution < -0.4 is 5.32 Å². The minimum absolute atomic E-state index is 0.00176. The van der Waals surface area contributed by atoms with Crippen molar-refractivity contribution in [2.24, 2.45) is 0 Å². The van der Waals surface area contributed by atoms with Gasteiger partial charge in [-0.25, -0.2) is 0 Å². The van der Waals surface area contributed by atoms with Crippen molar-refractivity contribution in [2.45, 2.75) is 37.4 Å². The van der Waals surface area contributed by atoms with Gasteiger partial charge in [-0.3, -0.25) is 4.79 Å². The first kappa shape index (κ1) is 15.2. The second-order valence-electron chi connectivity index (χ2n) is 5.17. The molecular formula is C17H23NOS. The number of benzene rings is 1. The van der Waals surface area contributed by atoms with E-state index in [0.29, 0.717) is 0 Å². The molecule has 1 amide bonds. The van der Waals surface area contributed by atoms with E-state index in [9.17, 15) is 4.79 Å². The topological polar surface area (TPSA) is 29.1 Å². The molecule has 1 aromatic carbocycles. The summed E-state index contributed by atoms with van der Waals surface area (Å²) in [6.45, 7) is 0.763. The number of carbonyl (C=O) groups is 1. The fraction of sp³-hybridized carbons (Fsp3) is 0.471. The lowest BCUT2D eigenvalue weighted by Gasteiger charge is -2.20. The predicted octanol–water partition coefficient (Wildman–Crippen LogP) is 3.88. The average Bonchev–Trinajstić information content (AvgIpc) is 2.52. The van der Waals surface area contributed by atoms with E-state index >= 15 is 0 Å². The Morgan fingerprint density at radius 2 is 1.95 bits per heavy atom. The molecule has 0 radical (unpaired) electrons. The van der Waals surface area contributed by atoms with Gasteiger partial charge in [0.15, 0.2) is 0 Å². The molecule has 0 bridgehead atoms. The maximum absolute atomic E-state index is 11.7. The van der Waals surface area contributed by atoms with Gasteiger partial charge >= 0.3 is 0 Å². The van der Waals surface area contributed by atoms with E-state index in [2.05, 4.69) is 5.32 Å². The molecule has 0 spiro atoms. The second kappa shape index (κ2) is 8.85. The Balaban J connectivity index is 1.59. The van der Waals surface area contributed by atoms with E-state index in [-0.39, 0.29) is 5.91 Å². The molecule has 0 heterocycles. The maximum Gasteiger partial charge on any atom is 0.244 e. The monoisotopic (exact) mass is 289 g/mol. The van der Waals surface area contributed by atoms with Gasteiger partial charge in [-0.15, -0.1) is 0 Å². The molecule has 0 atom stereocenters. The van der Waals surface area contributed by atoms with Crippen LogP contribution in [-0.4, -0.2) is 23.5 Å². The van der Waals surface area contributed by atoms with Crippen LogP contribution in [0.2, 0.25) is 0 Å². The summed E-state index contributed by atoms with van der Waals surface area (Å²) in [6.07, 6.45) is 10.3. The summed E-state index contributed by atoms with van der Waals surface area (Å²) in [4.78, 5) is 11.7. The number of hydrogen-bond acceptors (Lipinski definition) is 2. The molecule has 108 valence electrons. The summed E-state index contributed by atoms with van der Waals surface area (Å²) < 4.78 is 0. The highest BCUT2D eigenvalue weighted by Gasteiger charge is 2.12. The summed E-state index contributed by atoms with van der Waals surface area (Å²) in [5, 5.41) is 3.77. The first-order valence-corrected chi connectivity index (χ1v) is 8.52. The van der Waals surface area contributed by atoms with Crippen molar-refractivity contribution in [2.75, 3.05) is 12.3 Å². The normalized spacial score (nSPS) is 16.4. The van der Waals surface area contributed by atoms with E-state index in [4.69, 9.17) is 0 Å². The third kappa shape index (κ3) is 5.83. The third-order valence-electron chi connectivity index (χ3n) is 3.53. The standard InChI is InChI=1S/C17H23NOS/c19-17(12-11-15-7-3-1-4-8-15)18-13-14-20-16-9-5-2-6-10-16/h1,3-4,7-8,11-12,16H,2,5-6,9-10,13-14H2,(H,18,19). The van der Waals surface area contributed by atoms with Gasteiger partial charge in [-0.1, -0.05) is 49.6 Å². The quantitative estimate of drug-likeness (QED) is 0.636. The molecule has 1 aliphatic carbocycles. The highest BCUT2D eigenvalue weighted by Crippen LogP contribution is 2.27. The van der Waals surface area contributed by atoms with Gasteiger partial charge < -0.3 is 5.32 Å². The fourth-order valence-corrected chi connectivity index (χ4v) is 3.65. The first-order chi connectivity index (χ1) is 9.84. The zero-order chi connectivity index (χ0) is 14.0. The second-order valence-corrected chi connectivity index (χ2v) is 6.57. The van der Waals surface area contributed by atoms with Crippen LogP contribution >= 0.6 is 11.8 Å². The van der Waals surface area contributed by atoms with Crippen LogP contribution in [0.25, 0.3) is 6.08 Å². The molecule has 2 nitrogen and oxygen atoms in total. The van der Waals surface area contributed by atoms with Crippen molar-refractivity contribution in [3.8, 4) is 0 Å². The molecule has 0 aliphatic heterocycles. The largest absolute Gasteiger partial charge is 0.352 e. The average molecular weight is 289 g/mol. The van der Waals surface area contributed by atoms with E-state index in [1.807, 2.05) is 48.2 Å². The van der Waals surface area contributed by atoms with E-state index in [1.165, 1.54) is 32.1 Å². The van der Waals surface area contributed by atoms with Crippen LogP contribution in [0.4, 0.5) is 0 Å². The van der Waals surface area contributed by atoms with Crippen molar-refractivity contribution < 1.29 is 4.79 Å². The van der Waals surface area contributed by atoms with Gasteiger partial charge in [-0.05, 0) is 24.5 Å². The zero-order valence-electron chi connectivity index (χ0n) is 11.9. The molecule has 1 fully saturated rings. The number of carbonyl (C=O) groups excluding carboxylic acids is 1. The summed E-state index contributed by atoms with van der Waals surface area (Å²) in [6, 6.07) is 9.89. The maximum atomic E-state index is 11.7. The van der Waals surface area contributed by atoms with Crippen molar-refractivity contribution in [1.82, 2.24) is 5.32 Å². The molecule has 0 aromatic heterocycles. The summed E-state index contributed by atoms with van der Waals surface area (Å²) >= 11 is 2.02. The van der Waals surface area contributed by atoms with Crippen LogP contribution in [-0.2, 0) is 4.79 Å². The van der Waals surface area contributed by atoms with Gasteiger partial charge in [0.05, 0.1) is 0 Å². The molecule has 1 saturated carbocycles. The Hall–Kier alpha value is -1.22. The summed E-state index contributed by atoms with van der Waals surface area (Å²) in [5.41, 5.74) is 1.05. The SMILES string of the molecule is O=C(C=Cc1ccccc1)NCCSC1CCCCC1. The molecule has 1 aromatic rings. The van der Waals surface area contributed by atoms with Gasteiger partial charge in [0.2, 0.25) is 5.91 Å². The Bertz CT molecular complexity index is 424. The summed E-state index contributed by atoms with van der Waals surface area (Å²) in [7, 11) is 0. The minimum atomic E-state index is -0.00176. The van der Waals surface area contributed by atoms with Gasteiger partial charge in [0.25, 0.3) is 0 Å². The molecule has 2 rings (SSSR count). The lowest BCUT2D eigenvalue weighted by molar-refractivity contribution is -0.116. The Labute approximate surface area is 126 Å². The number of rotatable bonds is 6. The zero-order valence-corrected chi connectivity index (χ0v) is 12.7. The number of thioether (sulfide) groups is 1. The highest BCUT2D eigenvalue weighted by atomic mass is 32.2. The van der Waals surface area contributed by atoms with Crippen molar-refractivity contribution in [1.29, 1.82) is 0 Å². The third-order valence-corrected chi connectivity index (χ3v) is 4.92. The molecular weight excluding hydrogens is 266 g/mol. The smallest absolute Gasteiger partial charge is 0.244 e. The van der Waals surface area contributed by atoms with Gasteiger partial charge in [-0.2, -0.15) is 11.8 Å². The van der Waals surface area contributed by atoms with Gasteiger partial charge in [0.1, 0.15) is 0 Å². The van der Waals surface area contributed by atoms with Crippen molar-refractivity contribution in [3.63, 3.8) is 0 Å². The van der Waals surface area contributed by atoms with E-state index in [1.54, 1.807) is 6.08 Å². The van der Waals surface area contributed by atoms with Gasteiger partial charge in [0, 0.05) is 23.6 Å². The summed E-state index contributed by atoms with van der Waals surface area (Å²) in [5.74, 6) is 1.02. The minimum Gasteiger partial charge on any atom is -0.352 e. The Morgan fingerprint density at radius 1 is 1.20 bits per heavy atom. The Kier molecular flexibility index (Phi) is 6.72. The molecule has 20 heavy (non-hydrogen) atoms. The number of amides is 1. The van der Waals surface area contributed by atoms with E-state index < -0.39 is 0 Å². The molecule has 1 aliphatic rings. The Morgan fingerprint density at radius 3 is 2.70 bits per heavy atom. The molecule has 3 heteroatoms. The fourth-order valence-electron chi connectivity index (χ4n) is 2.43. The van der Waals surface area contributed by atoms with E-state index in [0.717, 1.165) is 23.1 Å². The van der Waals surface area contributed by atoms with Crippen LogP contribution in [0.5, 0.6) is 0 Å². The molecule has 1 N–H and O–H groups in total.